The first-order valence-corrected chi connectivity index (χ1v) is 5.54. The number of benzene rings is 1. The van der Waals surface area contributed by atoms with Crippen LogP contribution in [0.2, 0.25) is 0 Å². The highest BCUT2D eigenvalue weighted by molar-refractivity contribution is 5.67. The molecule has 0 bridgehead atoms. The van der Waals surface area contributed by atoms with E-state index in [1.54, 1.807) is 6.20 Å². The van der Waals surface area contributed by atoms with Crippen molar-refractivity contribution >= 4 is 11.4 Å². The van der Waals surface area contributed by atoms with Crippen LogP contribution >= 0.6 is 0 Å². The van der Waals surface area contributed by atoms with Crippen molar-refractivity contribution in [3.05, 3.63) is 54.4 Å². The molecule has 0 unspecified atom stereocenters. The van der Waals surface area contributed by atoms with Crippen molar-refractivity contribution in [1.29, 1.82) is 5.26 Å². The Kier molecular flexibility index (Phi) is 3.37. The summed E-state index contributed by atoms with van der Waals surface area (Å²) in [6, 6.07) is 15.9. The molecule has 2 aromatic rings. The van der Waals surface area contributed by atoms with Gasteiger partial charge >= 0.3 is 0 Å². The number of rotatable bonds is 3. The molecule has 0 aliphatic carbocycles. The van der Waals surface area contributed by atoms with Crippen LogP contribution in [-0.2, 0) is 0 Å². The van der Waals surface area contributed by atoms with Crippen molar-refractivity contribution in [2.24, 2.45) is 0 Å². The number of anilines is 2. The third-order valence-corrected chi connectivity index (χ3v) is 2.57. The first kappa shape index (κ1) is 11.2. The van der Waals surface area contributed by atoms with Gasteiger partial charge in [-0.3, -0.25) is 0 Å². The monoisotopic (exact) mass is 223 g/mol. The van der Waals surface area contributed by atoms with Crippen LogP contribution < -0.4 is 4.90 Å². The van der Waals surface area contributed by atoms with Crippen molar-refractivity contribution in [1.82, 2.24) is 4.98 Å². The first-order chi connectivity index (χ1) is 8.36. The molecule has 1 aromatic heterocycles. The molecule has 0 saturated heterocycles. The third kappa shape index (κ3) is 2.26. The van der Waals surface area contributed by atoms with Crippen LogP contribution in [0.1, 0.15) is 12.6 Å². The zero-order chi connectivity index (χ0) is 12.1. The molecule has 3 nitrogen and oxygen atoms in total. The number of hydrogen-bond donors (Lipinski definition) is 0. The van der Waals surface area contributed by atoms with E-state index >= 15 is 0 Å². The van der Waals surface area contributed by atoms with Crippen molar-refractivity contribution in [2.75, 3.05) is 11.4 Å². The van der Waals surface area contributed by atoms with E-state index in [1.165, 1.54) is 0 Å². The predicted molar refractivity (Wildman–Crippen MR) is 68.1 cm³/mol. The second-order valence-electron chi connectivity index (χ2n) is 3.56. The average Bonchev–Trinajstić information content (AvgIpc) is 2.41. The molecule has 0 amide bonds. The maximum absolute atomic E-state index is 9.07. The average molecular weight is 223 g/mol. The first-order valence-electron chi connectivity index (χ1n) is 5.54. The van der Waals surface area contributed by atoms with E-state index in [2.05, 4.69) is 22.9 Å². The zero-order valence-corrected chi connectivity index (χ0v) is 9.67. The lowest BCUT2D eigenvalue weighted by molar-refractivity contribution is 1.01. The quantitative estimate of drug-likeness (QED) is 0.802. The van der Waals surface area contributed by atoms with Crippen molar-refractivity contribution in [2.45, 2.75) is 6.92 Å². The maximum Gasteiger partial charge on any atom is 0.164 e. The Labute approximate surface area is 101 Å². The molecule has 2 rings (SSSR count). The molecule has 0 saturated carbocycles. The van der Waals surface area contributed by atoms with Gasteiger partial charge in [-0.1, -0.05) is 18.2 Å². The van der Waals surface area contributed by atoms with E-state index < -0.39 is 0 Å². The summed E-state index contributed by atoms with van der Waals surface area (Å²) in [5.41, 5.74) is 2.38. The molecule has 1 aromatic carbocycles. The summed E-state index contributed by atoms with van der Waals surface area (Å²) in [4.78, 5) is 6.16. The standard InChI is InChI=1S/C14H13N3/c1-2-17(12-7-4-3-5-8-12)14-9-6-10-16-13(14)11-15/h3-10H,2H2,1H3. The predicted octanol–water partition coefficient (Wildman–Crippen LogP) is 3.11. The molecule has 0 fully saturated rings. The highest BCUT2D eigenvalue weighted by Gasteiger charge is 2.11. The van der Waals surface area contributed by atoms with E-state index in [-0.39, 0.29) is 0 Å². The van der Waals surface area contributed by atoms with Crippen LogP contribution in [0.3, 0.4) is 0 Å². The molecular formula is C14H13N3. The van der Waals surface area contributed by atoms with Gasteiger partial charge in [0.2, 0.25) is 0 Å². The van der Waals surface area contributed by atoms with Gasteiger partial charge in [0.05, 0.1) is 5.69 Å². The van der Waals surface area contributed by atoms with E-state index in [1.807, 2.05) is 42.5 Å². The Morgan fingerprint density at radius 3 is 2.59 bits per heavy atom. The van der Waals surface area contributed by atoms with Gasteiger partial charge in [0, 0.05) is 18.4 Å². The van der Waals surface area contributed by atoms with Crippen LogP contribution in [0.4, 0.5) is 11.4 Å². The molecule has 1 heterocycles. The summed E-state index contributed by atoms with van der Waals surface area (Å²) in [6.45, 7) is 2.85. The molecule has 3 heteroatoms. The zero-order valence-electron chi connectivity index (χ0n) is 9.67. The second kappa shape index (κ2) is 5.13. The van der Waals surface area contributed by atoms with E-state index in [4.69, 9.17) is 5.26 Å². The van der Waals surface area contributed by atoms with Gasteiger partial charge < -0.3 is 4.90 Å². The van der Waals surface area contributed by atoms with Crippen LogP contribution in [0, 0.1) is 11.3 Å². The number of para-hydroxylation sites is 1. The third-order valence-electron chi connectivity index (χ3n) is 2.57. The number of hydrogen-bond acceptors (Lipinski definition) is 3. The lowest BCUT2D eigenvalue weighted by atomic mass is 10.2. The minimum Gasteiger partial charge on any atom is -0.339 e. The number of pyridine rings is 1. The molecule has 0 radical (unpaired) electrons. The van der Waals surface area contributed by atoms with Gasteiger partial charge in [-0.2, -0.15) is 5.26 Å². The summed E-state index contributed by atoms with van der Waals surface area (Å²) < 4.78 is 0. The Bertz CT molecular complexity index is 529. The van der Waals surface area contributed by atoms with E-state index in [0.29, 0.717) is 5.69 Å². The van der Waals surface area contributed by atoms with Crippen LogP contribution in [0.5, 0.6) is 0 Å². The fourth-order valence-corrected chi connectivity index (χ4v) is 1.80. The summed E-state index contributed by atoms with van der Waals surface area (Å²) in [7, 11) is 0. The van der Waals surface area contributed by atoms with Gasteiger partial charge in [-0.15, -0.1) is 0 Å². The minimum absolute atomic E-state index is 0.457. The topological polar surface area (TPSA) is 39.9 Å². The lowest BCUT2D eigenvalue weighted by Gasteiger charge is -2.23. The second-order valence-corrected chi connectivity index (χ2v) is 3.56. The molecular weight excluding hydrogens is 210 g/mol. The normalized spacial score (nSPS) is 9.65. The highest BCUT2D eigenvalue weighted by Crippen LogP contribution is 2.26. The van der Waals surface area contributed by atoms with E-state index in [0.717, 1.165) is 17.9 Å². The maximum atomic E-state index is 9.07. The van der Waals surface area contributed by atoms with Gasteiger partial charge in [0.25, 0.3) is 0 Å². The fourth-order valence-electron chi connectivity index (χ4n) is 1.80. The summed E-state index contributed by atoms with van der Waals surface area (Å²) in [6.07, 6.45) is 1.64. The van der Waals surface area contributed by atoms with Gasteiger partial charge in [-0.05, 0) is 31.2 Å². The Balaban J connectivity index is 2.47. The number of nitriles is 1. The van der Waals surface area contributed by atoms with Gasteiger partial charge in [0.1, 0.15) is 6.07 Å². The summed E-state index contributed by atoms with van der Waals surface area (Å²) in [5, 5.41) is 9.07. The molecule has 84 valence electrons. The molecule has 17 heavy (non-hydrogen) atoms. The number of nitrogens with zero attached hydrogens (tertiary/aromatic N) is 3. The molecule has 0 atom stereocenters. The van der Waals surface area contributed by atoms with Crippen molar-refractivity contribution < 1.29 is 0 Å². The van der Waals surface area contributed by atoms with E-state index in [9.17, 15) is 0 Å². The van der Waals surface area contributed by atoms with Crippen LogP contribution in [0.15, 0.2) is 48.7 Å². The largest absolute Gasteiger partial charge is 0.339 e. The Morgan fingerprint density at radius 2 is 1.94 bits per heavy atom. The Morgan fingerprint density at radius 1 is 1.18 bits per heavy atom. The van der Waals surface area contributed by atoms with Gasteiger partial charge in [-0.25, -0.2) is 4.98 Å². The summed E-state index contributed by atoms with van der Waals surface area (Å²) >= 11 is 0. The Hall–Kier alpha value is -2.34. The van der Waals surface area contributed by atoms with Crippen LogP contribution in [-0.4, -0.2) is 11.5 Å². The highest BCUT2D eigenvalue weighted by atomic mass is 15.1. The molecule has 0 N–H and O–H groups in total. The van der Waals surface area contributed by atoms with Crippen molar-refractivity contribution in [3.63, 3.8) is 0 Å². The molecule has 0 spiro atoms. The smallest absolute Gasteiger partial charge is 0.164 e. The summed E-state index contributed by atoms with van der Waals surface area (Å²) in [5.74, 6) is 0. The van der Waals surface area contributed by atoms with Crippen LogP contribution in [0.25, 0.3) is 0 Å². The SMILES string of the molecule is CCN(c1ccccc1)c1cccnc1C#N. The lowest BCUT2D eigenvalue weighted by Crippen LogP contribution is -2.17. The number of aromatic nitrogens is 1. The van der Waals surface area contributed by atoms with Crippen molar-refractivity contribution in [3.8, 4) is 6.07 Å². The van der Waals surface area contributed by atoms with Gasteiger partial charge in [0.15, 0.2) is 5.69 Å². The molecule has 0 aliphatic rings. The minimum atomic E-state index is 0.457. The fraction of sp³-hybridized carbons (Fsp3) is 0.143. The molecule has 0 aliphatic heterocycles.